The SMILES string of the molecule is COCC(C)N1CCN(c2cc(C)nc3c([N+](=O)[O-])cccc23)CC1. The highest BCUT2D eigenvalue weighted by Crippen LogP contribution is 2.32. The van der Waals surface area contributed by atoms with Gasteiger partial charge in [0.05, 0.1) is 11.5 Å². The summed E-state index contributed by atoms with van der Waals surface area (Å²) < 4.78 is 5.25. The van der Waals surface area contributed by atoms with Gasteiger partial charge in [0, 0.05) is 62.2 Å². The summed E-state index contributed by atoms with van der Waals surface area (Å²) in [6, 6.07) is 7.59. The van der Waals surface area contributed by atoms with Gasteiger partial charge in [0.15, 0.2) is 5.52 Å². The Balaban J connectivity index is 1.90. The average molecular weight is 344 g/mol. The zero-order chi connectivity index (χ0) is 18.0. The first-order valence-electron chi connectivity index (χ1n) is 8.54. The zero-order valence-electron chi connectivity index (χ0n) is 14.9. The van der Waals surface area contributed by atoms with Gasteiger partial charge in [-0.2, -0.15) is 0 Å². The van der Waals surface area contributed by atoms with Gasteiger partial charge >= 0.3 is 0 Å². The highest BCUT2D eigenvalue weighted by Gasteiger charge is 2.24. The molecule has 1 aromatic heterocycles. The Morgan fingerprint density at radius 2 is 2.04 bits per heavy atom. The molecule has 7 heteroatoms. The molecule has 134 valence electrons. The molecule has 0 aliphatic carbocycles. The first-order valence-corrected chi connectivity index (χ1v) is 8.54. The molecule has 1 saturated heterocycles. The third-order valence-corrected chi connectivity index (χ3v) is 4.81. The van der Waals surface area contributed by atoms with Crippen molar-refractivity contribution < 1.29 is 9.66 Å². The number of pyridine rings is 1. The Kier molecular flexibility index (Phi) is 5.15. The summed E-state index contributed by atoms with van der Waals surface area (Å²) in [7, 11) is 1.73. The second kappa shape index (κ2) is 7.33. The fraction of sp³-hybridized carbons (Fsp3) is 0.500. The minimum Gasteiger partial charge on any atom is -0.383 e. The number of hydrogen-bond acceptors (Lipinski definition) is 6. The van der Waals surface area contributed by atoms with Crippen LogP contribution in [0.15, 0.2) is 24.3 Å². The number of nitrogens with zero attached hydrogens (tertiary/aromatic N) is 4. The number of hydrogen-bond donors (Lipinski definition) is 0. The number of anilines is 1. The molecule has 1 unspecified atom stereocenters. The van der Waals surface area contributed by atoms with Gasteiger partial charge in [0.1, 0.15) is 0 Å². The fourth-order valence-electron chi connectivity index (χ4n) is 3.50. The Morgan fingerprint density at radius 1 is 1.32 bits per heavy atom. The molecule has 2 heterocycles. The van der Waals surface area contributed by atoms with Crippen LogP contribution in [0.3, 0.4) is 0 Å². The van der Waals surface area contributed by atoms with E-state index in [1.54, 1.807) is 13.2 Å². The highest BCUT2D eigenvalue weighted by molar-refractivity contribution is 5.97. The second-order valence-electron chi connectivity index (χ2n) is 6.54. The van der Waals surface area contributed by atoms with Crippen molar-refractivity contribution in [3.8, 4) is 0 Å². The summed E-state index contributed by atoms with van der Waals surface area (Å²) in [5.74, 6) is 0. The monoisotopic (exact) mass is 344 g/mol. The molecule has 0 N–H and O–H groups in total. The van der Waals surface area contributed by atoms with E-state index in [1.807, 2.05) is 19.1 Å². The largest absolute Gasteiger partial charge is 0.383 e. The van der Waals surface area contributed by atoms with Gasteiger partial charge in [0.2, 0.25) is 0 Å². The highest BCUT2D eigenvalue weighted by atomic mass is 16.6. The molecule has 1 aromatic carbocycles. The van der Waals surface area contributed by atoms with Crippen molar-refractivity contribution in [2.75, 3.05) is 44.8 Å². The first-order chi connectivity index (χ1) is 12.0. The van der Waals surface area contributed by atoms with Crippen molar-refractivity contribution in [2.45, 2.75) is 19.9 Å². The summed E-state index contributed by atoms with van der Waals surface area (Å²) in [4.78, 5) is 20.1. The number of rotatable bonds is 5. The summed E-state index contributed by atoms with van der Waals surface area (Å²) in [5.41, 5.74) is 2.37. The lowest BCUT2D eigenvalue weighted by atomic mass is 10.1. The molecule has 3 rings (SSSR count). The average Bonchev–Trinajstić information content (AvgIpc) is 2.60. The zero-order valence-corrected chi connectivity index (χ0v) is 14.9. The van der Waals surface area contributed by atoms with Crippen molar-refractivity contribution >= 4 is 22.3 Å². The Labute approximate surface area is 147 Å². The smallest absolute Gasteiger partial charge is 0.295 e. The van der Waals surface area contributed by atoms with Gasteiger partial charge in [-0.25, -0.2) is 4.98 Å². The van der Waals surface area contributed by atoms with Crippen LogP contribution in [0.2, 0.25) is 0 Å². The van der Waals surface area contributed by atoms with Crippen LogP contribution in [-0.2, 0) is 4.74 Å². The molecular weight excluding hydrogens is 320 g/mol. The van der Waals surface area contributed by atoms with E-state index < -0.39 is 0 Å². The number of methoxy groups -OCH3 is 1. The summed E-state index contributed by atoms with van der Waals surface area (Å²) in [6.07, 6.45) is 0. The Hall–Kier alpha value is -2.25. The third-order valence-electron chi connectivity index (χ3n) is 4.81. The molecule has 0 spiro atoms. The van der Waals surface area contributed by atoms with Gasteiger partial charge in [-0.3, -0.25) is 15.0 Å². The molecule has 1 aliphatic rings. The molecule has 0 saturated carbocycles. The van der Waals surface area contributed by atoms with Crippen LogP contribution < -0.4 is 4.90 Å². The standard InChI is InChI=1S/C18H24N4O3/c1-13-11-17(15-5-4-6-16(22(23)24)18(15)19-13)21-9-7-20(8-10-21)14(2)12-25-3/h4-6,11,14H,7-10,12H2,1-3H3. The Morgan fingerprint density at radius 3 is 2.68 bits per heavy atom. The lowest BCUT2D eigenvalue weighted by Gasteiger charge is -2.39. The van der Waals surface area contributed by atoms with E-state index in [1.165, 1.54) is 6.07 Å². The molecule has 0 amide bonds. The van der Waals surface area contributed by atoms with Gasteiger partial charge < -0.3 is 9.64 Å². The molecule has 0 bridgehead atoms. The number of para-hydroxylation sites is 1. The van der Waals surface area contributed by atoms with Crippen molar-refractivity contribution in [3.63, 3.8) is 0 Å². The van der Waals surface area contributed by atoms with Crippen LogP contribution in [0.25, 0.3) is 10.9 Å². The second-order valence-corrected chi connectivity index (χ2v) is 6.54. The van der Waals surface area contributed by atoms with E-state index in [-0.39, 0.29) is 10.6 Å². The van der Waals surface area contributed by atoms with Crippen molar-refractivity contribution in [3.05, 3.63) is 40.1 Å². The minimum absolute atomic E-state index is 0.0646. The summed E-state index contributed by atoms with van der Waals surface area (Å²) >= 11 is 0. The number of nitro groups is 1. The lowest BCUT2D eigenvalue weighted by molar-refractivity contribution is -0.383. The van der Waals surface area contributed by atoms with Gasteiger partial charge in [-0.05, 0) is 19.9 Å². The number of aryl methyl sites for hydroxylation is 1. The predicted molar refractivity (Wildman–Crippen MR) is 98.3 cm³/mol. The molecule has 25 heavy (non-hydrogen) atoms. The number of benzene rings is 1. The van der Waals surface area contributed by atoms with Crippen LogP contribution in [-0.4, -0.2) is 60.7 Å². The molecule has 2 aromatic rings. The van der Waals surface area contributed by atoms with E-state index in [2.05, 4.69) is 21.7 Å². The summed E-state index contributed by atoms with van der Waals surface area (Å²) in [6.45, 7) is 8.45. The quantitative estimate of drug-likeness (QED) is 0.613. The summed E-state index contributed by atoms with van der Waals surface area (Å²) in [5, 5.41) is 12.2. The fourth-order valence-corrected chi connectivity index (χ4v) is 3.50. The van der Waals surface area contributed by atoms with E-state index in [0.717, 1.165) is 49.6 Å². The van der Waals surface area contributed by atoms with Crippen LogP contribution in [0.5, 0.6) is 0 Å². The maximum Gasteiger partial charge on any atom is 0.295 e. The molecule has 7 nitrogen and oxygen atoms in total. The Bertz CT molecular complexity index is 772. The van der Waals surface area contributed by atoms with Gasteiger partial charge in [0.25, 0.3) is 5.69 Å². The van der Waals surface area contributed by atoms with E-state index in [4.69, 9.17) is 4.74 Å². The van der Waals surface area contributed by atoms with Crippen LogP contribution in [0.4, 0.5) is 11.4 Å². The van der Waals surface area contributed by atoms with E-state index in [0.29, 0.717) is 11.6 Å². The number of non-ortho nitro benzene ring substituents is 1. The van der Waals surface area contributed by atoms with Crippen molar-refractivity contribution in [2.24, 2.45) is 0 Å². The van der Waals surface area contributed by atoms with Gasteiger partial charge in [-0.1, -0.05) is 12.1 Å². The lowest BCUT2D eigenvalue weighted by Crippen LogP contribution is -2.50. The number of piperazine rings is 1. The number of ether oxygens (including phenoxy) is 1. The predicted octanol–water partition coefficient (Wildman–Crippen LogP) is 2.61. The molecule has 1 fully saturated rings. The first kappa shape index (κ1) is 17.6. The molecule has 0 radical (unpaired) electrons. The van der Waals surface area contributed by atoms with Crippen molar-refractivity contribution in [1.29, 1.82) is 0 Å². The normalized spacial score (nSPS) is 17.0. The van der Waals surface area contributed by atoms with Crippen LogP contribution in [0, 0.1) is 17.0 Å². The topological polar surface area (TPSA) is 71.7 Å². The molecule has 1 atom stereocenters. The molecular formula is C18H24N4O3. The van der Waals surface area contributed by atoms with Gasteiger partial charge in [-0.15, -0.1) is 0 Å². The van der Waals surface area contributed by atoms with Crippen LogP contribution >= 0.6 is 0 Å². The van der Waals surface area contributed by atoms with Crippen LogP contribution in [0.1, 0.15) is 12.6 Å². The maximum absolute atomic E-state index is 11.3. The van der Waals surface area contributed by atoms with Crippen molar-refractivity contribution in [1.82, 2.24) is 9.88 Å². The third kappa shape index (κ3) is 3.57. The minimum atomic E-state index is -0.358. The van der Waals surface area contributed by atoms with E-state index in [9.17, 15) is 10.1 Å². The molecule has 1 aliphatic heterocycles. The number of nitro benzene ring substituents is 1. The maximum atomic E-state index is 11.3. The van der Waals surface area contributed by atoms with E-state index >= 15 is 0 Å². The number of aromatic nitrogens is 1. The number of fused-ring (bicyclic) bond motifs is 1.